The van der Waals surface area contributed by atoms with Crippen LogP contribution in [-0.2, 0) is 9.59 Å². The number of hydrogen-bond donors (Lipinski definition) is 1. The van der Waals surface area contributed by atoms with E-state index >= 15 is 0 Å². The molecule has 2 N–H and O–H groups in total. The minimum Gasteiger partial charge on any atom is -0.369 e. The summed E-state index contributed by atoms with van der Waals surface area (Å²) < 4.78 is 0. The summed E-state index contributed by atoms with van der Waals surface area (Å²) >= 11 is 11.9. The molecule has 1 aromatic carbocycles. The molecule has 1 saturated heterocycles. The van der Waals surface area contributed by atoms with Crippen LogP contribution in [0.5, 0.6) is 0 Å². The number of primary amides is 1. The van der Waals surface area contributed by atoms with Crippen LogP contribution in [0.1, 0.15) is 18.4 Å². The Morgan fingerprint density at radius 2 is 2.10 bits per heavy atom. The lowest BCUT2D eigenvalue weighted by atomic mass is 9.97. The van der Waals surface area contributed by atoms with Crippen molar-refractivity contribution < 1.29 is 9.59 Å². The van der Waals surface area contributed by atoms with E-state index in [4.69, 9.17) is 28.9 Å². The third kappa shape index (κ3) is 4.22. The maximum Gasteiger partial charge on any atom is 0.246 e. The molecular formula is C15H16Cl2N2O2. The molecule has 1 aromatic rings. The molecule has 1 heterocycles. The van der Waals surface area contributed by atoms with Gasteiger partial charge in [-0.25, -0.2) is 0 Å². The van der Waals surface area contributed by atoms with Gasteiger partial charge in [0, 0.05) is 29.2 Å². The SMILES string of the molecule is NC(=O)C1CCCN(C(=O)/C=C/c2cc(Cl)ccc2Cl)C1. The molecule has 2 rings (SSSR count). The fourth-order valence-corrected chi connectivity index (χ4v) is 2.68. The molecule has 1 aliphatic heterocycles. The largest absolute Gasteiger partial charge is 0.369 e. The smallest absolute Gasteiger partial charge is 0.246 e. The number of nitrogens with zero attached hydrogens (tertiary/aromatic N) is 1. The summed E-state index contributed by atoms with van der Waals surface area (Å²) in [5, 5.41) is 1.08. The Morgan fingerprint density at radius 3 is 2.81 bits per heavy atom. The van der Waals surface area contributed by atoms with Gasteiger partial charge in [0.25, 0.3) is 0 Å². The van der Waals surface area contributed by atoms with E-state index in [2.05, 4.69) is 0 Å². The van der Waals surface area contributed by atoms with Crippen LogP contribution in [0.2, 0.25) is 10.0 Å². The van der Waals surface area contributed by atoms with Gasteiger partial charge in [0.2, 0.25) is 11.8 Å². The van der Waals surface area contributed by atoms with E-state index in [-0.39, 0.29) is 17.7 Å². The summed E-state index contributed by atoms with van der Waals surface area (Å²) in [6.45, 7) is 1.01. The first kappa shape index (κ1) is 15.9. The Bertz CT molecular complexity index is 587. The molecule has 4 nitrogen and oxygen atoms in total. The number of amides is 2. The van der Waals surface area contributed by atoms with Crippen LogP contribution >= 0.6 is 23.2 Å². The van der Waals surface area contributed by atoms with Gasteiger partial charge in [-0.2, -0.15) is 0 Å². The molecule has 1 aliphatic rings. The van der Waals surface area contributed by atoms with Crippen LogP contribution in [0, 0.1) is 5.92 Å². The molecule has 0 aromatic heterocycles. The molecule has 21 heavy (non-hydrogen) atoms. The second kappa shape index (κ2) is 6.96. The van der Waals surface area contributed by atoms with Gasteiger partial charge in [-0.15, -0.1) is 0 Å². The van der Waals surface area contributed by atoms with E-state index in [0.717, 1.165) is 12.8 Å². The summed E-state index contributed by atoms with van der Waals surface area (Å²) in [5.74, 6) is -0.766. The molecule has 0 aliphatic carbocycles. The second-order valence-corrected chi connectivity index (χ2v) is 5.87. The number of benzene rings is 1. The van der Waals surface area contributed by atoms with Crippen LogP contribution in [0.4, 0.5) is 0 Å². The summed E-state index contributed by atoms with van der Waals surface area (Å²) in [5.41, 5.74) is 5.99. The van der Waals surface area contributed by atoms with Crippen LogP contribution in [0.25, 0.3) is 6.08 Å². The first-order valence-electron chi connectivity index (χ1n) is 6.68. The molecule has 2 amide bonds. The monoisotopic (exact) mass is 326 g/mol. The van der Waals surface area contributed by atoms with E-state index < -0.39 is 0 Å². The zero-order valence-electron chi connectivity index (χ0n) is 11.4. The predicted octanol–water partition coefficient (Wildman–Crippen LogP) is 2.73. The van der Waals surface area contributed by atoms with E-state index in [0.29, 0.717) is 28.7 Å². The highest BCUT2D eigenvalue weighted by Crippen LogP contribution is 2.22. The maximum absolute atomic E-state index is 12.1. The molecule has 0 radical (unpaired) electrons. The number of carbonyl (C=O) groups excluding carboxylic acids is 2. The average Bonchev–Trinajstić information content (AvgIpc) is 2.48. The highest BCUT2D eigenvalue weighted by molar-refractivity contribution is 6.34. The van der Waals surface area contributed by atoms with E-state index in [1.54, 1.807) is 29.2 Å². The summed E-state index contributed by atoms with van der Waals surface area (Å²) in [4.78, 5) is 25.0. The van der Waals surface area contributed by atoms with E-state index in [1.807, 2.05) is 0 Å². The molecule has 0 bridgehead atoms. The first-order chi connectivity index (χ1) is 9.97. The number of nitrogens with two attached hydrogens (primary N) is 1. The molecule has 112 valence electrons. The van der Waals surface area contributed by atoms with Crippen molar-refractivity contribution in [2.45, 2.75) is 12.8 Å². The number of halogens is 2. The van der Waals surface area contributed by atoms with Crippen LogP contribution < -0.4 is 5.73 Å². The Balaban J connectivity index is 2.05. The van der Waals surface area contributed by atoms with Crippen molar-refractivity contribution in [1.82, 2.24) is 4.90 Å². The number of rotatable bonds is 3. The van der Waals surface area contributed by atoms with Crippen LogP contribution in [0.15, 0.2) is 24.3 Å². The van der Waals surface area contributed by atoms with E-state index in [1.165, 1.54) is 6.08 Å². The highest BCUT2D eigenvalue weighted by atomic mass is 35.5. The quantitative estimate of drug-likeness (QED) is 0.868. The highest BCUT2D eigenvalue weighted by Gasteiger charge is 2.25. The van der Waals surface area contributed by atoms with Crippen molar-refractivity contribution in [2.24, 2.45) is 11.7 Å². The Kier molecular flexibility index (Phi) is 5.26. The maximum atomic E-state index is 12.1. The molecule has 0 saturated carbocycles. The summed E-state index contributed by atoms with van der Waals surface area (Å²) in [6.07, 6.45) is 4.60. The van der Waals surface area contributed by atoms with Gasteiger partial charge in [-0.3, -0.25) is 9.59 Å². The zero-order valence-corrected chi connectivity index (χ0v) is 12.9. The van der Waals surface area contributed by atoms with Gasteiger partial charge < -0.3 is 10.6 Å². The number of likely N-dealkylation sites (tertiary alicyclic amines) is 1. The lowest BCUT2D eigenvalue weighted by Gasteiger charge is -2.30. The number of carbonyl (C=O) groups is 2. The molecule has 1 unspecified atom stereocenters. The minimum atomic E-state index is -0.352. The Labute approximate surface area is 133 Å². The van der Waals surface area contributed by atoms with Crippen molar-refractivity contribution >= 4 is 41.1 Å². The second-order valence-electron chi connectivity index (χ2n) is 5.02. The van der Waals surface area contributed by atoms with Crippen LogP contribution in [0.3, 0.4) is 0 Å². The van der Waals surface area contributed by atoms with Gasteiger partial charge in [-0.05, 0) is 42.7 Å². The van der Waals surface area contributed by atoms with Gasteiger partial charge in [0.15, 0.2) is 0 Å². The molecule has 0 spiro atoms. The third-order valence-electron chi connectivity index (χ3n) is 3.50. The standard InChI is InChI=1S/C15H16Cl2N2O2/c16-12-4-5-13(17)10(8-12)3-6-14(20)19-7-1-2-11(9-19)15(18)21/h3-6,8,11H,1-2,7,9H2,(H2,18,21)/b6-3+. The lowest BCUT2D eigenvalue weighted by molar-refractivity contribution is -0.130. The van der Waals surface area contributed by atoms with Crippen molar-refractivity contribution in [2.75, 3.05) is 13.1 Å². The molecule has 1 fully saturated rings. The van der Waals surface area contributed by atoms with Gasteiger partial charge in [-0.1, -0.05) is 23.2 Å². The molecule has 1 atom stereocenters. The summed E-state index contributed by atoms with van der Waals surface area (Å²) in [7, 11) is 0. The Morgan fingerprint density at radius 1 is 1.33 bits per heavy atom. The minimum absolute atomic E-state index is 0.156. The summed E-state index contributed by atoms with van der Waals surface area (Å²) in [6, 6.07) is 5.05. The van der Waals surface area contributed by atoms with E-state index in [9.17, 15) is 9.59 Å². The fourth-order valence-electron chi connectivity index (χ4n) is 2.32. The fraction of sp³-hybridized carbons (Fsp3) is 0.333. The third-order valence-corrected chi connectivity index (χ3v) is 4.08. The number of piperidine rings is 1. The first-order valence-corrected chi connectivity index (χ1v) is 7.44. The van der Waals surface area contributed by atoms with Gasteiger partial charge in [0.05, 0.1) is 5.92 Å². The number of hydrogen-bond acceptors (Lipinski definition) is 2. The molecular weight excluding hydrogens is 311 g/mol. The zero-order chi connectivity index (χ0) is 15.4. The van der Waals surface area contributed by atoms with Gasteiger partial charge >= 0.3 is 0 Å². The van der Waals surface area contributed by atoms with Crippen molar-refractivity contribution in [3.8, 4) is 0 Å². The topological polar surface area (TPSA) is 63.4 Å². The predicted molar refractivity (Wildman–Crippen MR) is 84.0 cm³/mol. The van der Waals surface area contributed by atoms with Crippen molar-refractivity contribution in [3.05, 3.63) is 39.9 Å². The lowest BCUT2D eigenvalue weighted by Crippen LogP contribution is -2.43. The van der Waals surface area contributed by atoms with Crippen molar-refractivity contribution in [3.63, 3.8) is 0 Å². The normalized spacial score (nSPS) is 19.0. The Hall–Kier alpha value is -1.52. The van der Waals surface area contributed by atoms with Crippen molar-refractivity contribution in [1.29, 1.82) is 0 Å². The van der Waals surface area contributed by atoms with Crippen LogP contribution in [-0.4, -0.2) is 29.8 Å². The molecule has 6 heteroatoms. The average molecular weight is 327 g/mol. The van der Waals surface area contributed by atoms with Gasteiger partial charge in [0.1, 0.15) is 0 Å².